The van der Waals surface area contributed by atoms with Crippen molar-refractivity contribution in [3.8, 4) is 0 Å². The van der Waals surface area contributed by atoms with Crippen molar-refractivity contribution in [1.82, 2.24) is 34.7 Å². The number of nitrogens with zero attached hydrogens (tertiary/aromatic N) is 5. The van der Waals surface area contributed by atoms with Crippen molar-refractivity contribution < 1.29 is 13.6 Å². The van der Waals surface area contributed by atoms with Gasteiger partial charge in [0, 0.05) is 43.6 Å². The number of carbonyl (C=O) groups excluding carboxylic acids is 1. The summed E-state index contributed by atoms with van der Waals surface area (Å²) >= 11 is 0. The average Bonchev–Trinajstić information content (AvgIpc) is 3.23. The van der Waals surface area contributed by atoms with Crippen LogP contribution in [-0.2, 0) is 0 Å². The number of imidazole rings is 1. The number of aromatic amines is 1. The molecule has 3 atom stereocenters. The number of urea groups is 1. The first-order chi connectivity index (χ1) is 18.9. The Morgan fingerprint density at radius 1 is 0.974 bits per heavy atom. The number of nitrogens with two attached hydrogens (primary N) is 1. The Bertz CT molecular complexity index is 1580. The van der Waals surface area contributed by atoms with Crippen molar-refractivity contribution in [2.24, 2.45) is 5.73 Å². The summed E-state index contributed by atoms with van der Waals surface area (Å²) in [6.45, 7) is 0.930. The van der Waals surface area contributed by atoms with Crippen LogP contribution in [0.25, 0.3) is 11.2 Å². The van der Waals surface area contributed by atoms with E-state index in [-0.39, 0.29) is 23.3 Å². The molecule has 10 nitrogen and oxygen atoms in total. The molecular formula is C27H28F2N8O2. The summed E-state index contributed by atoms with van der Waals surface area (Å²) in [4.78, 5) is 43.5. The zero-order valence-corrected chi connectivity index (χ0v) is 21.1. The molecule has 1 fully saturated rings. The average molecular weight is 535 g/mol. The minimum absolute atomic E-state index is 0.0519. The number of carbonyl (C=O) groups is 1. The highest BCUT2D eigenvalue weighted by Gasteiger charge is 2.36. The van der Waals surface area contributed by atoms with E-state index in [9.17, 15) is 18.4 Å². The lowest BCUT2D eigenvalue weighted by molar-refractivity contribution is 0.167. The minimum atomic E-state index is -0.928. The number of hydrogen-bond donors (Lipinski definition) is 3. The molecule has 1 aliphatic carbocycles. The van der Waals surface area contributed by atoms with Crippen molar-refractivity contribution in [1.29, 1.82) is 0 Å². The SMILES string of the molecule is N[C@@H]1c2nccnc2[C@H](NC(=O)N2CCC(n3c(=O)[nH]c4ncccc43)CC2)CC[C@H]1c1cccc(F)c1F. The highest BCUT2D eigenvalue weighted by molar-refractivity contribution is 5.75. The smallest absolute Gasteiger partial charge is 0.327 e. The number of halogens is 2. The van der Waals surface area contributed by atoms with Gasteiger partial charge in [-0.15, -0.1) is 0 Å². The molecule has 202 valence electrons. The van der Waals surface area contributed by atoms with Gasteiger partial charge >= 0.3 is 11.7 Å². The minimum Gasteiger partial charge on any atom is -0.330 e. The second-order valence-corrected chi connectivity index (χ2v) is 10.1. The Hall–Kier alpha value is -4.19. The highest BCUT2D eigenvalue weighted by Crippen LogP contribution is 2.41. The van der Waals surface area contributed by atoms with E-state index in [0.29, 0.717) is 55.8 Å². The molecule has 4 N–H and O–H groups in total. The third kappa shape index (κ3) is 4.54. The molecule has 4 heterocycles. The van der Waals surface area contributed by atoms with E-state index in [1.54, 1.807) is 21.7 Å². The number of rotatable bonds is 3. The summed E-state index contributed by atoms with van der Waals surface area (Å²) in [5.74, 6) is -2.38. The van der Waals surface area contributed by atoms with Crippen LogP contribution in [0.3, 0.4) is 0 Å². The predicted octanol–water partition coefficient (Wildman–Crippen LogP) is 3.46. The van der Waals surface area contributed by atoms with Crippen LogP contribution in [0.4, 0.5) is 13.6 Å². The van der Waals surface area contributed by atoms with E-state index in [2.05, 4.69) is 25.3 Å². The number of H-pyrrole nitrogens is 1. The topological polar surface area (TPSA) is 135 Å². The van der Waals surface area contributed by atoms with Crippen LogP contribution in [0.1, 0.15) is 66.7 Å². The maximum atomic E-state index is 14.7. The van der Waals surface area contributed by atoms with Crippen LogP contribution in [0, 0.1) is 11.6 Å². The van der Waals surface area contributed by atoms with Crippen molar-refractivity contribution in [2.75, 3.05) is 13.1 Å². The van der Waals surface area contributed by atoms with E-state index in [1.807, 2.05) is 6.07 Å². The largest absolute Gasteiger partial charge is 0.330 e. The Kier molecular flexibility index (Phi) is 6.55. The lowest BCUT2D eigenvalue weighted by atomic mass is 9.87. The fourth-order valence-electron chi connectivity index (χ4n) is 5.92. The van der Waals surface area contributed by atoms with E-state index < -0.39 is 29.6 Å². The van der Waals surface area contributed by atoms with E-state index in [0.717, 1.165) is 11.6 Å². The number of piperidine rings is 1. The van der Waals surface area contributed by atoms with Crippen LogP contribution >= 0.6 is 0 Å². The van der Waals surface area contributed by atoms with Crippen LogP contribution in [-0.4, -0.2) is 48.5 Å². The van der Waals surface area contributed by atoms with Crippen LogP contribution in [0.15, 0.2) is 53.7 Å². The lowest BCUT2D eigenvalue weighted by Crippen LogP contribution is -2.46. The van der Waals surface area contributed by atoms with Gasteiger partial charge < -0.3 is 16.0 Å². The van der Waals surface area contributed by atoms with Crippen LogP contribution in [0.2, 0.25) is 0 Å². The fourth-order valence-corrected chi connectivity index (χ4v) is 5.92. The maximum Gasteiger partial charge on any atom is 0.327 e. The van der Waals surface area contributed by atoms with Gasteiger partial charge in [0.1, 0.15) is 0 Å². The summed E-state index contributed by atoms with van der Waals surface area (Å²) in [5, 5.41) is 3.07. The molecule has 6 rings (SSSR count). The van der Waals surface area contributed by atoms with E-state index in [1.165, 1.54) is 24.5 Å². The number of nitrogens with one attached hydrogen (secondary N) is 2. The molecule has 3 aromatic heterocycles. The van der Waals surface area contributed by atoms with Crippen LogP contribution < -0.4 is 16.7 Å². The zero-order valence-electron chi connectivity index (χ0n) is 21.1. The molecule has 1 aliphatic heterocycles. The summed E-state index contributed by atoms with van der Waals surface area (Å²) in [5.41, 5.74) is 8.81. The first-order valence-electron chi connectivity index (χ1n) is 13.0. The Morgan fingerprint density at radius 3 is 2.54 bits per heavy atom. The lowest BCUT2D eigenvalue weighted by Gasteiger charge is -2.33. The van der Waals surface area contributed by atoms with Gasteiger partial charge in [-0.1, -0.05) is 12.1 Å². The quantitative estimate of drug-likeness (QED) is 0.345. The standard InChI is InChI=1S/C27H28F2N8O2/c28-18-4-1-3-16(21(18)29)17-6-7-19(23-24(22(17)30)32-12-11-31-23)34-26(38)36-13-8-15(9-14-36)37-20-5-2-10-33-25(20)35-27(37)39/h1-5,10-12,15,17,19,22H,6-9,13-14,30H2,(H,34,38)(H,33,35,39)/t17-,19+,22-/m0/s1. The molecule has 2 aliphatic rings. The molecule has 1 aromatic carbocycles. The van der Waals surface area contributed by atoms with Gasteiger partial charge in [0.15, 0.2) is 17.3 Å². The molecule has 0 radical (unpaired) electrons. The number of likely N-dealkylation sites (tertiary alicyclic amines) is 1. The zero-order chi connectivity index (χ0) is 27.1. The molecule has 4 aromatic rings. The normalized spacial score (nSPS) is 21.9. The molecule has 0 spiro atoms. The monoisotopic (exact) mass is 534 g/mol. The molecular weight excluding hydrogens is 506 g/mol. The molecule has 0 bridgehead atoms. The van der Waals surface area contributed by atoms with E-state index in [4.69, 9.17) is 5.73 Å². The van der Waals surface area contributed by atoms with Gasteiger partial charge in [-0.3, -0.25) is 19.5 Å². The van der Waals surface area contributed by atoms with Crippen molar-refractivity contribution >= 4 is 17.2 Å². The van der Waals surface area contributed by atoms with E-state index >= 15 is 0 Å². The number of hydrogen-bond acceptors (Lipinski definition) is 6. The summed E-state index contributed by atoms with van der Waals surface area (Å²) in [7, 11) is 0. The van der Waals surface area contributed by atoms with Crippen molar-refractivity contribution in [2.45, 2.75) is 49.7 Å². The van der Waals surface area contributed by atoms with Gasteiger partial charge in [-0.2, -0.15) is 0 Å². The molecule has 1 saturated heterocycles. The molecule has 12 heteroatoms. The molecule has 2 amide bonds. The van der Waals surface area contributed by atoms with Gasteiger partial charge in [0.05, 0.1) is 29.0 Å². The van der Waals surface area contributed by atoms with Crippen LogP contribution in [0.5, 0.6) is 0 Å². The second-order valence-electron chi connectivity index (χ2n) is 10.1. The Labute approximate surface area is 222 Å². The molecule has 39 heavy (non-hydrogen) atoms. The number of pyridine rings is 1. The van der Waals surface area contributed by atoms with Crippen molar-refractivity contribution in [3.05, 3.63) is 88.0 Å². The Balaban J connectivity index is 1.18. The first kappa shape index (κ1) is 25.1. The maximum absolute atomic E-state index is 14.7. The van der Waals surface area contributed by atoms with Gasteiger partial charge in [0.2, 0.25) is 0 Å². The third-order valence-electron chi connectivity index (χ3n) is 7.89. The van der Waals surface area contributed by atoms with Gasteiger partial charge in [-0.25, -0.2) is 23.4 Å². The molecule has 0 saturated carbocycles. The second kappa shape index (κ2) is 10.2. The molecule has 0 unspecified atom stereocenters. The number of fused-ring (bicyclic) bond motifs is 2. The fraction of sp³-hybridized carbons (Fsp3) is 0.370. The van der Waals surface area contributed by atoms with Gasteiger partial charge in [-0.05, 0) is 49.4 Å². The predicted molar refractivity (Wildman–Crippen MR) is 139 cm³/mol. The highest BCUT2D eigenvalue weighted by atomic mass is 19.2. The van der Waals surface area contributed by atoms with Crippen molar-refractivity contribution in [3.63, 3.8) is 0 Å². The summed E-state index contributed by atoms with van der Waals surface area (Å²) in [6, 6.07) is 6.21. The third-order valence-corrected chi connectivity index (χ3v) is 7.89. The number of benzene rings is 1. The summed E-state index contributed by atoms with van der Waals surface area (Å²) in [6.07, 6.45) is 6.74. The first-order valence-corrected chi connectivity index (χ1v) is 13.0. The number of aromatic nitrogens is 5. The van der Waals surface area contributed by atoms with Gasteiger partial charge in [0.25, 0.3) is 0 Å². The number of amides is 2. The summed E-state index contributed by atoms with van der Waals surface area (Å²) < 4.78 is 30.4. The Morgan fingerprint density at radius 2 is 1.74 bits per heavy atom.